The van der Waals surface area contributed by atoms with Crippen LogP contribution in [-0.2, 0) is 13.1 Å². The quantitative estimate of drug-likeness (QED) is 0.718. The van der Waals surface area contributed by atoms with E-state index in [0.29, 0.717) is 25.6 Å². The summed E-state index contributed by atoms with van der Waals surface area (Å²) in [6, 6.07) is 11.2. The first-order chi connectivity index (χ1) is 12.6. The van der Waals surface area contributed by atoms with Gasteiger partial charge in [-0.2, -0.15) is 0 Å². The Morgan fingerprint density at radius 2 is 1.96 bits per heavy atom. The Morgan fingerprint density at radius 1 is 1.15 bits per heavy atom. The Kier molecular flexibility index (Phi) is 7.74. The SMILES string of the molecule is CCCOc1cccc(CNC(=O)NCc2cccnc2OC(C)C)c1. The van der Waals surface area contributed by atoms with Crippen molar-refractivity contribution in [3.63, 3.8) is 0 Å². The molecule has 2 aromatic rings. The zero-order chi connectivity index (χ0) is 18.8. The highest BCUT2D eigenvalue weighted by atomic mass is 16.5. The van der Waals surface area contributed by atoms with Gasteiger partial charge in [0, 0.05) is 24.8 Å². The second-order valence-corrected chi connectivity index (χ2v) is 6.17. The molecule has 1 aromatic carbocycles. The smallest absolute Gasteiger partial charge is 0.315 e. The van der Waals surface area contributed by atoms with E-state index in [1.165, 1.54) is 0 Å². The fourth-order valence-electron chi connectivity index (χ4n) is 2.27. The van der Waals surface area contributed by atoms with Crippen molar-refractivity contribution in [1.82, 2.24) is 15.6 Å². The molecule has 0 fully saturated rings. The van der Waals surface area contributed by atoms with Crippen LogP contribution in [0.25, 0.3) is 0 Å². The molecule has 2 amide bonds. The molecule has 0 saturated carbocycles. The van der Waals surface area contributed by atoms with Crippen molar-refractivity contribution in [1.29, 1.82) is 0 Å². The predicted octanol–water partition coefficient (Wildman–Crippen LogP) is 3.66. The summed E-state index contributed by atoms with van der Waals surface area (Å²) < 4.78 is 11.3. The number of amides is 2. The van der Waals surface area contributed by atoms with Crippen LogP contribution in [0.1, 0.15) is 38.3 Å². The lowest BCUT2D eigenvalue weighted by atomic mass is 10.2. The van der Waals surface area contributed by atoms with Gasteiger partial charge in [0.25, 0.3) is 0 Å². The molecular formula is C20H27N3O3. The molecule has 0 spiro atoms. The van der Waals surface area contributed by atoms with E-state index < -0.39 is 0 Å². The van der Waals surface area contributed by atoms with Crippen molar-refractivity contribution in [2.24, 2.45) is 0 Å². The van der Waals surface area contributed by atoms with E-state index in [-0.39, 0.29) is 12.1 Å². The van der Waals surface area contributed by atoms with Crippen molar-refractivity contribution in [3.05, 3.63) is 53.7 Å². The number of nitrogens with one attached hydrogen (secondary N) is 2. The zero-order valence-electron chi connectivity index (χ0n) is 15.6. The van der Waals surface area contributed by atoms with Gasteiger partial charge in [0.05, 0.1) is 12.7 Å². The molecule has 6 heteroatoms. The maximum Gasteiger partial charge on any atom is 0.315 e. The maximum atomic E-state index is 12.1. The van der Waals surface area contributed by atoms with E-state index in [2.05, 4.69) is 22.5 Å². The van der Waals surface area contributed by atoms with Gasteiger partial charge >= 0.3 is 6.03 Å². The molecule has 0 aliphatic rings. The minimum atomic E-state index is -0.246. The molecular weight excluding hydrogens is 330 g/mol. The number of rotatable bonds is 9. The third kappa shape index (κ3) is 6.63. The Labute approximate surface area is 154 Å². The highest BCUT2D eigenvalue weighted by molar-refractivity contribution is 5.73. The van der Waals surface area contributed by atoms with Gasteiger partial charge in [0.2, 0.25) is 5.88 Å². The van der Waals surface area contributed by atoms with E-state index in [1.54, 1.807) is 6.20 Å². The lowest BCUT2D eigenvalue weighted by Crippen LogP contribution is -2.34. The normalized spacial score (nSPS) is 10.5. The Balaban J connectivity index is 1.83. The minimum absolute atomic E-state index is 0.0275. The molecule has 140 valence electrons. The minimum Gasteiger partial charge on any atom is -0.494 e. The van der Waals surface area contributed by atoms with Gasteiger partial charge in [-0.05, 0) is 44.0 Å². The molecule has 0 bridgehead atoms. The van der Waals surface area contributed by atoms with Gasteiger partial charge in [-0.25, -0.2) is 9.78 Å². The molecule has 0 saturated heterocycles. The highest BCUT2D eigenvalue weighted by Gasteiger charge is 2.08. The van der Waals surface area contributed by atoms with Crippen molar-refractivity contribution < 1.29 is 14.3 Å². The first-order valence-electron chi connectivity index (χ1n) is 8.92. The first kappa shape index (κ1) is 19.6. The van der Waals surface area contributed by atoms with Crippen molar-refractivity contribution in [3.8, 4) is 11.6 Å². The molecule has 2 N–H and O–H groups in total. The van der Waals surface area contributed by atoms with Crippen LogP contribution >= 0.6 is 0 Å². The van der Waals surface area contributed by atoms with Gasteiger partial charge in [-0.1, -0.05) is 25.1 Å². The second-order valence-electron chi connectivity index (χ2n) is 6.17. The van der Waals surface area contributed by atoms with E-state index in [4.69, 9.17) is 9.47 Å². The van der Waals surface area contributed by atoms with Crippen LogP contribution < -0.4 is 20.1 Å². The summed E-state index contributed by atoms with van der Waals surface area (Å²) >= 11 is 0. The molecule has 26 heavy (non-hydrogen) atoms. The number of carbonyl (C=O) groups excluding carboxylic acids is 1. The first-order valence-corrected chi connectivity index (χ1v) is 8.92. The number of urea groups is 1. The number of carbonyl (C=O) groups is 1. The Hall–Kier alpha value is -2.76. The number of nitrogens with zero attached hydrogens (tertiary/aromatic N) is 1. The summed E-state index contributed by atoms with van der Waals surface area (Å²) in [5.74, 6) is 1.36. The number of ether oxygens (including phenoxy) is 2. The number of pyridine rings is 1. The average Bonchev–Trinajstić information content (AvgIpc) is 2.64. The summed E-state index contributed by atoms with van der Waals surface area (Å²) in [6.07, 6.45) is 2.66. The number of benzene rings is 1. The standard InChI is InChI=1S/C20H27N3O3/c1-4-11-25-18-9-5-7-16(12-18)13-22-20(24)23-14-17-8-6-10-21-19(17)26-15(2)3/h5-10,12,15H,4,11,13-14H2,1-3H3,(H2,22,23,24). The van der Waals surface area contributed by atoms with Crippen molar-refractivity contribution in [2.45, 2.75) is 46.4 Å². The second kappa shape index (κ2) is 10.3. The third-order valence-electron chi connectivity index (χ3n) is 3.46. The Morgan fingerprint density at radius 3 is 2.73 bits per heavy atom. The van der Waals surface area contributed by atoms with E-state index in [0.717, 1.165) is 23.3 Å². The maximum absolute atomic E-state index is 12.1. The monoisotopic (exact) mass is 357 g/mol. The largest absolute Gasteiger partial charge is 0.494 e. The van der Waals surface area contributed by atoms with Gasteiger partial charge in [0.15, 0.2) is 0 Å². The van der Waals surface area contributed by atoms with Crippen molar-refractivity contribution >= 4 is 6.03 Å². The summed E-state index contributed by atoms with van der Waals surface area (Å²) in [4.78, 5) is 16.3. The lowest BCUT2D eigenvalue weighted by Gasteiger charge is -2.13. The molecule has 0 unspecified atom stereocenters. The van der Waals surface area contributed by atoms with Crippen LogP contribution in [0.2, 0.25) is 0 Å². The third-order valence-corrected chi connectivity index (χ3v) is 3.46. The predicted molar refractivity (Wildman–Crippen MR) is 101 cm³/mol. The molecule has 0 atom stereocenters. The van der Waals surface area contributed by atoms with Gasteiger partial charge < -0.3 is 20.1 Å². The molecule has 6 nitrogen and oxygen atoms in total. The topological polar surface area (TPSA) is 72.5 Å². The molecule has 1 aromatic heterocycles. The summed E-state index contributed by atoms with van der Waals surface area (Å²) in [5, 5.41) is 5.68. The summed E-state index contributed by atoms with van der Waals surface area (Å²) in [5.41, 5.74) is 1.82. The molecule has 0 aliphatic carbocycles. The number of hydrogen-bond donors (Lipinski definition) is 2. The molecule has 1 heterocycles. The van der Waals surface area contributed by atoms with Crippen molar-refractivity contribution in [2.75, 3.05) is 6.61 Å². The molecule has 0 radical (unpaired) electrons. The van der Waals surface area contributed by atoms with Crippen LogP contribution in [0.4, 0.5) is 4.79 Å². The summed E-state index contributed by atoms with van der Waals surface area (Å²) in [7, 11) is 0. The van der Waals surface area contributed by atoms with Gasteiger partial charge in [-0.15, -0.1) is 0 Å². The fraction of sp³-hybridized carbons (Fsp3) is 0.400. The van der Waals surface area contributed by atoms with E-state index >= 15 is 0 Å². The van der Waals surface area contributed by atoms with Crippen LogP contribution in [0.5, 0.6) is 11.6 Å². The number of hydrogen-bond acceptors (Lipinski definition) is 4. The summed E-state index contributed by atoms with van der Waals surface area (Å²) in [6.45, 7) is 7.41. The van der Waals surface area contributed by atoms with Crippen LogP contribution in [0.3, 0.4) is 0 Å². The lowest BCUT2D eigenvalue weighted by molar-refractivity contribution is 0.228. The highest BCUT2D eigenvalue weighted by Crippen LogP contribution is 2.16. The average molecular weight is 357 g/mol. The van der Waals surface area contributed by atoms with Crippen LogP contribution in [0, 0.1) is 0 Å². The zero-order valence-corrected chi connectivity index (χ0v) is 15.6. The van der Waals surface area contributed by atoms with E-state index in [1.807, 2.05) is 50.2 Å². The fourth-order valence-corrected chi connectivity index (χ4v) is 2.27. The Bertz CT molecular complexity index is 704. The van der Waals surface area contributed by atoms with Gasteiger partial charge in [0.1, 0.15) is 5.75 Å². The van der Waals surface area contributed by atoms with Crippen LogP contribution in [0.15, 0.2) is 42.6 Å². The van der Waals surface area contributed by atoms with Crippen LogP contribution in [-0.4, -0.2) is 23.7 Å². The van der Waals surface area contributed by atoms with E-state index in [9.17, 15) is 4.79 Å². The molecule has 2 rings (SSSR count). The molecule has 0 aliphatic heterocycles. The number of aromatic nitrogens is 1. The van der Waals surface area contributed by atoms with Gasteiger partial charge in [-0.3, -0.25) is 0 Å².